The van der Waals surface area contributed by atoms with Crippen LogP contribution in [0.3, 0.4) is 0 Å². The van der Waals surface area contributed by atoms with E-state index in [0.717, 1.165) is 36.3 Å². The maximum Gasteiger partial charge on any atom is 0.239 e. The number of carbonyl (C=O) groups excluding carboxylic acids is 1. The predicted molar refractivity (Wildman–Crippen MR) is 102 cm³/mol. The first-order chi connectivity index (χ1) is 11.1. The Balaban J connectivity index is 0.00000208. The molecule has 1 aliphatic heterocycles. The van der Waals surface area contributed by atoms with Crippen LogP contribution in [-0.4, -0.2) is 19.0 Å². The van der Waals surface area contributed by atoms with Gasteiger partial charge in [-0.15, -0.1) is 12.4 Å². The van der Waals surface area contributed by atoms with E-state index < -0.39 is 0 Å². The Hall–Kier alpha value is -2.20. The van der Waals surface area contributed by atoms with E-state index in [0.29, 0.717) is 13.1 Å². The van der Waals surface area contributed by atoms with Crippen LogP contribution in [0.1, 0.15) is 23.1 Å². The molecule has 128 valence electrons. The van der Waals surface area contributed by atoms with Gasteiger partial charge in [-0.1, -0.05) is 30.3 Å². The molecular formula is C19H24ClN3O. The van der Waals surface area contributed by atoms with Crippen molar-refractivity contribution in [1.29, 1.82) is 0 Å². The highest BCUT2D eigenvalue weighted by molar-refractivity contribution is 5.85. The van der Waals surface area contributed by atoms with E-state index in [-0.39, 0.29) is 18.3 Å². The molecule has 0 bridgehead atoms. The van der Waals surface area contributed by atoms with Gasteiger partial charge in [0.1, 0.15) is 0 Å². The van der Waals surface area contributed by atoms with Crippen molar-refractivity contribution >= 4 is 29.7 Å². The van der Waals surface area contributed by atoms with Gasteiger partial charge in [-0.3, -0.25) is 4.79 Å². The summed E-state index contributed by atoms with van der Waals surface area (Å²) in [5, 5.41) is 3.02. The Morgan fingerprint density at radius 2 is 2.00 bits per heavy atom. The molecule has 4 nitrogen and oxygen atoms in total. The van der Waals surface area contributed by atoms with E-state index in [1.807, 2.05) is 30.3 Å². The van der Waals surface area contributed by atoms with E-state index in [1.165, 1.54) is 11.1 Å². The lowest BCUT2D eigenvalue weighted by Crippen LogP contribution is -2.39. The van der Waals surface area contributed by atoms with Crippen LogP contribution >= 0.6 is 12.4 Å². The first-order valence-electron chi connectivity index (χ1n) is 8.08. The molecular weight excluding hydrogens is 322 g/mol. The van der Waals surface area contributed by atoms with Gasteiger partial charge in [0.25, 0.3) is 0 Å². The quantitative estimate of drug-likeness (QED) is 0.837. The van der Waals surface area contributed by atoms with E-state index in [1.54, 1.807) is 0 Å². The lowest BCUT2D eigenvalue weighted by molar-refractivity contribution is -0.119. The number of nitrogens with one attached hydrogen (secondary N) is 1. The lowest BCUT2D eigenvalue weighted by Gasteiger charge is -2.31. The van der Waals surface area contributed by atoms with Gasteiger partial charge in [0.15, 0.2) is 0 Å². The highest BCUT2D eigenvalue weighted by Crippen LogP contribution is 2.30. The molecule has 0 radical (unpaired) electrons. The zero-order chi connectivity index (χ0) is 16.2. The maximum atomic E-state index is 12.3. The summed E-state index contributed by atoms with van der Waals surface area (Å²) in [6.45, 7) is 3.91. The van der Waals surface area contributed by atoms with Gasteiger partial charge in [-0.25, -0.2) is 0 Å². The minimum absolute atomic E-state index is 0. The van der Waals surface area contributed by atoms with Crippen molar-refractivity contribution in [2.75, 3.05) is 23.7 Å². The van der Waals surface area contributed by atoms with Crippen LogP contribution in [0.5, 0.6) is 0 Å². The molecule has 0 unspecified atom stereocenters. The van der Waals surface area contributed by atoms with Crippen LogP contribution in [0.25, 0.3) is 0 Å². The minimum atomic E-state index is 0. The normalized spacial score (nSPS) is 13.0. The molecule has 3 rings (SSSR count). The first kappa shape index (κ1) is 18.1. The predicted octanol–water partition coefficient (Wildman–Crippen LogP) is 3.07. The molecule has 0 fully saturated rings. The first-order valence-corrected chi connectivity index (χ1v) is 8.08. The van der Waals surface area contributed by atoms with Gasteiger partial charge >= 0.3 is 0 Å². The third-order valence-electron chi connectivity index (χ3n) is 4.45. The number of aryl methyl sites for hydroxylation is 1. The summed E-state index contributed by atoms with van der Waals surface area (Å²) >= 11 is 0. The second kappa shape index (κ2) is 8.06. The Morgan fingerprint density at radius 3 is 2.79 bits per heavy atom. The van der Waals surface area contributed by atoms with Crippen molar-refractivity contribution in [2.24, 2.45) is 0 Å². The Morgan fingerprint density at radius 1 is 1.21 bits per heavy atom. The Labute approximate surface area is 149 Å². The Kier molecular flexibility index (Phi) is 6.10. The molecule has 0 saturated carbocycles. The van der Waals surface area contributed by atoms with Crippen molar-refractivity contribution in [3.8, 4) is 0 Å². The number of halogens is 1. The van der Waals surface area contributed by atoms with Crippen molar-refractivity contribution in [1.82, 2.24) is 5.32 Å². The monoisotopic (exact) mass is 345 g/mol. The molecule has 1 heterocycles. The SMILES string of the molecule is Cc1ccccc1CNC(=O)CN1CCCc2c(N)cccc21.Cl. The fourth-order valence-corrected chi connectivity index (χ4v) is 3.12. The van der Waals surface area contributed by atoms with Crippen LogP contribution in [-0.2, 0) is 17.8 Å². The summed E-state index contributed by atoms with van der Waals surface area (Å²) < 4.78 is 0. The minimum Gasteiger partial charge on any atom is -0.398 e. The van der Waals surface area contributed by atoms with Gasteiger partial charge in [0.05, 0.1) is 6.54 Å². The van der Waals surface area contributed by atoms with Gasteiger partial charge in [0, 0.05) is 24.5 Å². The number of nitrogens with two attached hydrogens (primary N) is 1. The van der Waals surface area contributed by atoms with Crippen LogP contribution in [0.4, 0.5) is 11.4 Å². The molecule has 0 aromatic heterocycles. The number of amides is 1. The molecule has 2 aromatic carbocycles. The summed E-state index contributed by atoms with van der Waals surface area (Å²) in [6, 6.07) is 14.1. The fourth-order valence-electron chi connectivity index (χ4n) is 3.12. The number of hydrogen-bond acceptors (Lipinski definition) is 3. The number of anilines is 2. The third kappa shape index (κ3) is 4.01. The van der Waals surface area contributed by atoms with Gasteiger partial charge in [-0.05, 0) is 48.6 Å². The molecule has 0 saturated heterocycles. The topological polar surface area (TPSA) is 58.4 Å². The summed E-state index contributed by atoms with van der Waals surface area (Å²) in [5.74, 6) is 0.0449. The molecule has 0 aliphatic carbocycles. The fraction of sp³-hybridized carbons (Fsp3) is 0.316. The van der Waals surface area contributed by atoms with Crippen molar-refractivity contribution in [3.05, 3.63) is 59.2 Å². The number of carbonyl (C=O) groups is 1. The van der Waals surface area contributed by atoms with E-state index in [9.17, 15) is 4.79 Å². The molecule has 1 amide bonds. The van der Waals surface area contributed by atoms with Gasteiger partial charge < -0.3 is 16.0 Å². The lowest BCUT2D eigenvalue weighted by atomic mass is 10.00. The second-order valence-corrected chi connectivity index (χ2v) is 6.07. The van der Waals surface area contributed by atoms with Gasteiger partial charge in [0.2, 0.25) is 5.91 Å². The summed E-state index contributed by atoms with van der Waals surface area (Å²) in [5.41, 5.74) is 11.5. The van der Waals surface area contributed by atoms with Crippen molar-refractivity contribution < 1.29 is 4.79 Å². The van der Waals surface area contributed by atoms with Crippen LogP contribution in [0.15, 0.2) is 42.5 Å². The standard InChI is InChI=1S/C19H23N3O.ClH/c1-14-6-2-3-7-15(14)12-21-19(23)13-22-11-5-8-16-17(20)9-4-10-18(16)22;/h2-4,6-7,9-10H,5,8,11-13,20H2,1H3,(H,21,23);1H. The number of nitrogens with zero attached hydrogens (tertiary/aromatic N) is 1. The summed E-state index contributed by atoms with van der Waals surface area (Å²) in [4.78, 5) is 14.4. The maximum absolute atomic E-state index is 12.3. The number of hydrogen-bond donors (Lipinski definition) is 2. The smallest absolute Gasteiger partial charge is 0.239 e. The zero-order valence-corrected chi connectivity index (χ0v) is 14.7. The summed E-state index contributed by atoms with van der Waals surface area (Å²) in [6.07, 6.45) is 2.02. The average molecular weight is 346 g/mol. The highest BCUT2D eigenvalue weighted by atomic mass is 35.5. The molecule has 0 spiro atoms. The molecule has 24 heavy (non-hydrogen) atoms. The van der Waals surface area contributed by atoms with Crippen LogP contribution < -0.4 is 16.0 Å². The Bertz CT molecular complexity index is 718. The second-order valence-electron chi connectivity index (χ2n) is 6.07. The molecule has 1 aliphatic rings. The molecule has 2 aromatic rings. The van der Waals surface area contributed by atoms with E-state index in [4.69, 9.17) is 5.73 Å². The van der Waals surface area contributed by atoms with Gasteiger partial charge in [-0.2, -0.15) is 0 Å². The molecule has 3 N–H and O–H groups in total. The number of benzene rings is 2. The van der Waals surface area contributed by atoms with E-state index in [2.05, 4.69) is 29.3 Å². The van der Waals surface area contributed by atoms with Crippen LogP contribution in [0, 0.1) is 6.92 Å². The largest absolute Gasteiger partial charge is 0.398 e. The average Bonchev–Trinajstić information content (AvgIpc) is 2.55. The zero-order valence-electron chi connectivity index (χ0n) is 13.9. The third-order valence-corrected chi connectivity index (χ3v) is 4.45. The van der Waals surface area contributed by atoms with Crippen molar-refractivity contribution in [2.45, 2.75) is 26.3 Å². The molecule has 5 heteroatoms. The number of nitrogen functional groups attached to an aromatic ring is 1. The summed E-state index contributed by atoms with van der Waals surface area (Å²) in [7, 11) is 0. The number of fused-ring (bicyclic) bond motifs is 1. The van der Waals surface area contributed by atoms with Crippen LogP contribution in [0.2, 0.25) is 0 Å². The van der Waals surface area contributed by atoms with Crippen molar-refractivity contribution in [3.63, 3.8) is 0 Å². The van der Waals surface area contributed by atoms with E-state index >= 15 is 0 Å². The molecule has 0 atom stereocenters. The number of rotatable bonds is 4. The highest BCUT2D eigenvalue weighted by Gasteiger charge is 2.20.